The average molecular weight is 122 g/mol. The molecule has 0 radical (unpaired) electrons. The highest BCUT2D eigenvalue weighted by atomic mass is 14.1. The van der Waals surface area contributed by atoms with E-state index in [0.29, 0.717) is 0 Å². The van der Waals surface area contributed by atoms with Gasteiger partial charge in [-0.1, -0.05) is 13.3 Å². The predicted octanol–water partition coefficient (Wildman–Crippen LogP) is 2.91. The minimum Gasteiger partial charge on any atom is -0.129 e. The first kappa shape index (κ1) is 6.64. The third-order valence-corrected chi connectivity index (χ3v) is 1.79. The van der Waals surface area contributed by atoms with Crippen LogP contribution in [0.25, 0.3) is 0 Å². The normalized spacial score (nSPS) is 24.8. The van der Waals surface area contributed by atoms with Crippen molar-refractivity contribution in [1.29, 1.82) is 0 Å². The highest BCUT2D eigenvalue weighted by molar-refractivity contribution is 4.95. The predicted molar refractivity (Wildman–Crippen MR) is 40.3 cm³/mol. The zero-order chi connectivity index (χ0) is 6.53. The minimum atomic E-state index is 0.833. The fraction of sp³-hybridized carbons (Fsp3) is 0.667. The molecule has 0 aliphatic heterocycles. The summed E-state index contributed by atoms with van der Waals surface area (Å²) < 4.78 is 0. The van der Waals surface area contributed by atoms with Gasteiger partial charge in [-0.3, -0.25) is 0 Å². The lowest BCUT2D eigenvalue weighted by molar-refractivity contribution is 0.536. The summed E-state index contributed by atoms with van der Waals surface area (Å²) in [5, 5.41) is 0. The van der Waals surface area contributed by atoms with Gasteiger partial charge >= 0.3 is 0 Å². The Hall–Kier alpha value is -0.480. The average Bonchev–Trinajstić information content (AvgIpc) is 1.91. The van der Waals surface area contributed by atoms with Crippen LogP contribution in [-0.4, -0.2) is 0 Å². The number of hydrogen-bond acceptors (Lipinski definition) is 0. The summed E-state index contributed by atoms with van der Waals surface area (Å²) in [7, 11) is 0. The van der Waals surface area contributed by atoms with Crippen molar-refractivity contribution < 1.29 is 0 Å². The van der Waals surface area contributed by atoms with Gasteiger partial charge in [-0.2, -0.15) is 0 Å². The molecule has 0 saturated heterocycles. The fourth-order valence-corrected chi connectivity index (χ4v) is 1.27. The highest BCUT2D eigenvalue weighted by Gasteiger charge is 2.03. The van der Waals surface area contributed by atoms with Crippen LogP contribution >= 0.6 is 0 Å². The Morgan fingerprint density at radius 3 is 3.11 bits per heavy atom. The lowest BCUT2D eigenvalue weighted by Crippen LogP contribution is -1.96. The largest absolute Gasteiger partial charge is 0.129 e. The monoisotopic (exact) mass is 122 g/mol. The van der Waals surface area contributed by atoms with E-state index in [-0.39, 0.29) is 0 Å². The smallest absolute Gasteiger partial charge is 0.0154 e. The molecule has 0 saturated carbocycles. The van der Waals surface area contributed by atoms with Gasteiger partial charge in [-0.05, 0) is 37.3 Å². The SMILES string of the molecule is CCCC1C=C=CCC1. The Bertz CT molecular complexity index is 127. The van der Waals surface area contributed by atoms with Crippen molar-refractivity contribution in [3.8, 4) is 0 Å². The van der Waals surface area contributed by atoms with E-state index in [1.54, 1.807) is 0 Å². The van der Waals surface area contributed by atoms with E-state index in [1.807, 2.05) is 0 Å². The van der Waals surface area contributed by atoms with Crippen LogP contribution in [0.1, 0.15) is 32.6 Å². The molecule has 1 unspecified atom stereocenters. The van der Waals surface area contributed by atoms with Gasteiger partial charge in [0.2, 0.25) is 0 Å². The Kier molecular flexibility index (Phi) is 2.60. The molecule has 0 fully saturated rings. The fourth-order valence-electron chi connectivity index (χ4n) is 1.27. The first-order valence-corrected chi connectivity index (χ1v) is 3.84. The molecule has 1 atom stereocenters. The Morgan fingerprint density at radius 1 is 1.67 bits per heavy atom. The lowest BCUT2D eigenvalue weighted by atomic mass is 9.95. The third-order valence-electron chi connectivity index (χ3n) is 1.79. The Balaban J connectivity index is 2.34. The molecule has 0 spiro atoms. The molecule has 0 aromatic heterocycles. The summed E-state index contributed by atoms with van der Waals surface area (Å²) >= 11 is 0. The van der Waals surface area contributed by atoms with Crippen molar-refractivity contribution in [3.05, 3.63) is 17.9 Å². The van der Waals surface area contributed by atoms with Crippen LogP contribution in [0.2, 0.25) is 0 Å². The molecule has 1 aliphatic carbocycles. The maximum absolute atomic E-state index is 3.17. The lowest BCUT2D eigenvalue weighted by Gasteiger charge is -2.10. The molecule has 0 aromatic rings. The molecular weight excluding hydrogens is 108 g/mol. The summed E-state index contributed by atoms with van der Waals surface area (Å²) in [6.45, 7) is 2.24. The van der Waals surface area contributed by atoms with Crippen molar-refractivity contribution in [2.24, 2.45) is 5.92 Å². The summed E-state index contributed by atoms with van der Waals surface area (Å²) in [5.74, 6) is 0.833. The van der Waals surface area contributed by atoms with E-state index < -0.39 is 0 Å². The molecule has 0 heterocycles. The van der Waals surface area contributed by atoms with Crippen LogP contribution in [0.3, 0.4) is 0 Å². The maximum Gasteiger partial charge on any atom is -0.0154 e. The molecule has 0 aromatic carbocycles. The van der Waals surface area contributed by atoms with E-state index in [9.17, 15) is 0 Å². The molecule has 1 rings (SSSR count). The molecule has 0 N–H and O–H groups in total. The second kappa shape index (κ2) is 3.53. The zero-order valence-corrected chi connectivity index (χ0v) is 6.06. The molecule has 1 aliphatic rings. The summed E-state index contributed by atoms with van der Waals surface area (Å²) in [6.07, 6.45) is 9.59. The first-order chi connectivity index (χ1) is 4.43. The number of hydrogen-bond donors (Lipinski definition) is 0. The summed E-state index contributed by atoms with van der Waals surface area (Å²) in [6, 6.07) is 0. The molecule has 50 valence electrons. The molecule has 9 heavy (non-hydrogen) atoms. The van der Waals surface area contributed by atoms with Gasteiger partial charge in [0.15, 0.2) is 0 Å². The molecule has 0 amide bonds. The van der Waals surface area contributed by atoms with Gasteiger partial charge in [-0.25, -0.2) is 0 Å². The Morgan fingerprint density at radius 2 is 2.56 bits per heavy atom. The van der Waals surface area contributed by atoms with Gasteiger partial charge in [0.05, 0.1) is 0 Å². The Labute approximate surface area is 57.3 Å². The van der Waals surface area contributed by atoms with Gasteiger partial charge < -0.3 is 0 Å². The van der Waals surface area contributed by atoms with Crippen molar-refractivity contribution >= 4 is 0 Å². The molecular formula is C9H14. The first-order valence-electron chi connectivity index (χ1n) is 3.84. The second-order valence-electron chi connectivity index (χ2n) is 2.66. The van der Waals surface area contributed by atoms with E-state index in [0.717, 1.165) is 5.92 Å². The van der Waals surface area contributed by atoms with Crippen LogP contribution in [0.15, 0.2) is 17.9 Å². The summed E-state index contributed by atoms with van der Waals surface area (Å²) in [4.78, 5) is 0. The topological polar surface area (TPSA) is 0 Å². The van der Waals surface area contributed by atoms with E-state index in [1.165, 1.54) is 25.7 Å². The van der Waals surface area contributed by atoms with E-state index in [4.69, 9.17) is 0 Å². The second-order valence-corrected chi connectivity index (χ2v) is 2.66. The zero-order valence-electron chi connectivity index (χ0n) is 6.06. The molecule has 0 bridgehead atoms. The molecule has 0 heteroatoms. The van der Waals surface area contributed by atoms with Crippen LogP contribution in [-0.2, 0) is 0 Å². The van der Waals surface area contributed by atoms with Gasteiger partial charge in [0.25, 0.3) is 0 Å². The van der Waals surface area contributed by atoms with Crippen molar-refractivity contribution in [2.75, 3.05) is 0 Å². The van der Waals surface area contributed by atoms with Crippen molar-refractivity contribution in [3.63, 3.8) is 0 Å². The third kappa shape index (κ3) is 2.07. The highest BCUT2D eigenvalue weighted by Crippen LogP contribution is 2.17. The number of rotatable bonds is 2. The van der Waals surface area contributed by atoms with E-state index in [2.05, 4.69) is 24.8 Å². The standard InChI is InChI=1S/C9H14/c1-2-6-9-7-4-3-5-8-9/h3,8-9H,2,4,6-7H2,1H3. The quantitative estimate of drug-likeness (QED) is 0.494. The molecule has 0 nitrogen and oxygen atoms in total. The van der Waals surface area contributed by atoms with Gasteiger partial charge in [-0.15, -0.1) is 5.73 Å². The van der Waals surface area contributed by atoms with Crippen LogP contribution in [0.4, 0.5) is 0 Å². The van der Waals surface area contributed by atoms with Crippen molar-refractivity contribution in [1.82, 2.24) is 0 Å². The van der Waals surface area contributed by atoms with Gasteiger partial charge in [0.1, 0.15) is 0 Å². The van der Waals surface area contributed by atoms with Gasteiger partial charge in [0, 0.05) is 0 Å². The van der Waals surface area contributed by atoms with Crippen LogP contribution in [0.5, 0.6) is 0 Å². The number of allylic oxidation sites excluding steroid dienone is 1. The van der Waals surface area contributed by atoms with Crippen LogP contribution < -0.4 is 0 Å². The minimum absolute atomic E-state index is 0.833. The van der Waals surface area contributed by atoms with Crippen molar-refractivity contribution in [2.45, 2.75) is 32.6 Å². The summed E-state index contributed by atoms with van der Waals surface area (Å²) in [5.41, 5.74) is 3.17. The maximum atomic E-state index is 3.17. The van der Waals surface area contributed by atoms with E-state index >= 15 is 0 Å². The van der Waals surface area contributed by atoms with Crippen LogP contribution in [0, 0.1) is 5.92 Å².